The molecule has 22 heavy (non-hydrogen) atoms. The summed E-state index contributed by atoms with van der Waals surface area (Å²) in [6, 6.07) is 15.2. The summed E-state index contributed by atoms with van der Waals surface area (Å²) in [5.41, 5.74) is 2.62. The zero-order valence-electron chi connectivity index (χ0n) is 12.6. The molecule has 0 aliphatic carbocycles. The van der Waals surface area contributed by atoms with Gasteiger partial charge in [-0.3, -0.25) is 0 Å². The maximum atomic E-state index is 10.9. The monoisotopic (exact) mass is 316 g/mol. The molecular formula is C18H20O3S. The van der Waals surface area contributed by atoms with Gasteiger partial charge in [0.15, 0.2) is 0 Å². The summed E-state index contributed by atoms with van der Waals surface area (Å²) in [7, 11) is 0. The second-order valence-corrected chi connectivity index (χ2v) is 6.18. The van der Waals surface area contributed by atoms with Gasteiger partial charge >= 0.3 is 5.97 Å². The topological polar surface area (TPSA) is 46.5 Å². The molecule has 0 atom stereocenters. The fourth-order valence-electron chi connectivity index (χ4n) is 1.97. The molecule has 2 rings (SSSR count). The van der Waals surface area contributed by atoms with Gasteiger partial charge in [0, 0.05) is 5.75 Å². The standard InChI is InChI=1S/C18H20O3S/c1-14-6-8-17(9-7-14)21-10-3-11-22-13-15-4-2-5-16(12-15)18(19)20/h2,4-9,12H,3,10-11,13H2,1H3,(H,19,20). The summed E-state index contributed by atoms with van der Waals surface area (Å²) in [6.07, 6.45) is 0.969. The number of aryl methyl sites for hydroxylation is 1. The maximum Gasteiger partial charge on any atom is 0.335 e. The van der Waals surface area contributed by atoms with Crippen LogP contribution in [0.4, 0.5) is 0 Å². The average molecular weight is 316 g/mol. The molecule has 0 spiro atoms. The Labute approximate surface area is 135 Å². The minimum atomic E-state index is -0.877. The molecule has 0 aliphatic rings. The lowest BCUT2D eigenvalue weighted by Gasteiger charge is -2.06. The van der Waals surface area contributed by atoms with Gasteiger partial charge < -0.3 is 9.84 Å². The largest absolute Gasteiger partial charge is 0.494 e. The molecule has 0 amide bonds. The Morgan fingerprint density at radius 2 is 1.95 bits per heavy atom. The second kappa shape index (κ2) is 8.49. The fourth-order valence-corrected chi connectivity index (χ4v) is 2.85. The van der Waals surface area contributed by atoms with E-state index < -0.39 is 5.97 Å². The SMILES string of the molecule is Cc1ccc(OCCCSCc2cccc(C(=O)O)c2)cc1. The maximum absolute atomic E-state index is 10.9. The van der Waals surface area contributed by atoms with Gasteiger partial charge in [-0.25, -0.2) is 4.79 Å². The number of carbonyl (C=O) groups is 1. The van der Waals surface area contributed by atoms with Crippen molar-refractivity contribution in [1.29, 1.82) is 0 Å². The highest BCUT2D eigenvalue weighted by Gasteiger charge is 2.03. The third-order valence-corrected chi connectivity index (χ3v) is 4.28. The van der Waals surface area contributed by atoms with Crippen molar-refractivity contribution < 1.29 is 14.6 Å². The van der Waals surface area contributed by atoms with Crippen LogP contribution < -0.4 is 4.74 Å². The molecule has 2 aromatic rings. The van der Waals surface area contributed by atoms with Gasteiger partial charge in [0.25, 0.3) is 0 Å². The minimum Gasteiger partial charge on any atom is -0.494 e. The molecule has 0 aromatic heterocycles. The highest BCUT2D eigenvalue weighted by Crippen LogP contribution is 2.16. The van der Waals surface area contributed by atoms with Crippen molar-refractivity contribution in [2.24, 2.45) is 0 Å². The minimum absolute atomic E-state index is 0.348. The molecular weight excluding hydrogens is 296 g/mol. The van der Waals surface area contributed by atoms with E-state index in [1.54, 1.807) is 30.0 Å². The van der Waals surface area contributed by atoms with E-state index >= 15 is 0 Å². The van der Waals surface area contributed by atoms with E-state index in [0.29, 0.717) is 12.2 Å². The predicted molar refractivity (Wildman–Crippen MR) is 90.9 cm³/mol. The first kappa shape index (κ1) is 16.4. The number of benzene rings is 2. The van der Waals surface area contributed by atoms with E-state index in [9.17, 15) is 4.79 Å². The van der Waals surface area contributed by atoms with Crippen molar-refractivity contribution in [3.8, 4) is 5.75 Å². The third kappa shape index (κ3) is 5.45. The normalized spacial score (nSPS) is 10.4. The Hall–Kier alpha value is -1.94. The number of hydrogen-bond acceptors (Lipinski definition) is 3. The van der Waals surface area contributed by atoms with Crippen molar-refractivity contribution in [1.82, 2.24) is 0 Å². The molecule has 0 radical (unpaired) electrons. The molecule has 116 valence electrons. The van der Waals surface area contributed by atoms with Crippen molar-refractivity contribution in [3.63, 3.8) is 0 Å². The number of carboxylic acid groups (broad SMARTS) is 1. The van der Waals surface area contributed by atoms with Gasteiger partial charge in [-0.15, -0.1) is 0 Å². The Morgan fingerprint density at radius 1 is 1.18 bits per heavy atom. The van der Waals surface area contributed by atoms with Crippen LogP contribution in [0.2, 0.25) is 0 Å². The zero-order valence-corrected chi connectivity index (χ0v) is 13.4. The zero-order chi connectivity index (χ0) is 15.8. The van der Waals surface area contributed by atoms with E-state index in [0.717, 1.165) is 29.2 Å². The van der Waals surface area contributed by atoms with Gasteiger partial charge in [0.05, 0.1) is 12.2 Å². The van der Waals surface area contributed by atoms with E-state index in [1.807, 2.05) is 30.3 Å². The summed E-state index contributed by atoms with van der Waals surface area (Å²) < 4.78 is 5.67. The molecule has 0 saturated heterocycles. The molecule has 4 heteroatoms. The van der Waals surface area contributed by atoms with Crippen LogP contribution in [0.25, 0.3) is 0 Å². The molecule has 0 fully saturated rings. The van der Waals surface area contributed by atoms with E-state index in [4.69, 9.17) is 9.84 Å². The summed E-state index contributed by atoms with van der Waals surface area (Å²) in [5, 5.41) is 8.95. The highest BCUT2D eigenvalue weighted by atomic mass is 32.2. The number of thioether (sulfide) groups is 1. The van der Waals surface area contributed by atoms with E-state index in [2.05, 4.69) is 6.92 Å². The molecule has 0 heterocycles. The van der Waals surface area contributed by atoms with Gasteiger partial charge in [0.1, 0.15) is 5.75 Å². The average Bonchev–Trinajstić information content (AvgIpc) is 2.52. The van der Waals surface area contributed by atoms with Gasteiger partial charge in [-0.1, -0.05) is 29.8 Å². The Balaban J connectivity index is 1.64. The molecule has 0 aliphatic heterocycles. The first-order chi connectivity index (χ1) is 10.6. The lowest BCUT2D eigenvalue weighted by Crippen LogP contribution is -1.99. The summed E-state index contributed by atoms with van der Waals surface area (Å²) >= 11 is 1.79. The molecule has 0 saturated carbocycles. The third-order valence-electron chi connectivity index (χ3n) is 3.17. The van der Waals surface area contributed by atoms with Crippen molar-refractivity contribution in [3.05, 3.63) is 65.2 Å². The van der Waals surface area contributed by atoms with Crippen LogP contribution in [0.1, 0.15) is 27.9 Å². The van der Waals surface area contributed by atoms with Gasteiger partial charge in [-0.05, 0) is 48.9 Å². The van der Waals surface area contributed by atoms with Crippen LogP contribution in [-0.4, -0.2) is 23.4 Å². The van der Waals surface area contributed by atoms with Crippen LogP contribution in [0.15, 0.2) is 48.5 Å². The highest BCUT2D eigenvalue weighted by molar-refractivity contribution is 7.98. The van der Waals surface area contributed by atoms with Crippen LogP contribution in [0.3, 0.4) is 0 Å². The first-order valence-electron chi connectivity index (χ1n) is 7.24. The Kier molecular flexibility index (Phi) is 6.34. The van der Waals surface area contributed by atoms with Crippen molar-refractivity contribution in [2.45, 2.75) is 19.1 Å². The van der Waals surface area contributed by atoms with Gasteiger partial charge in [0.2, 0.25) is 0 Å². The smallest absolute Gasteiger partial charge is 0.335 e. The predicted octanol–water partition coefficient (Wildman–Crippen LogP) is 4.40. The van der Waals surface area contributed by atoms with Gasteiger partial charge in [-0.2, -0.15) is 11.8 Å². The van der Waals surface area contributed by atoms with E-state index in [-0.39, 0.29) is 0 Å². The van der Waals surface area contributed by atoms with Crippen LogP contribution >= 0.6 is 11.8 Å². The second-order valence-electron chi connectivity index (χ2n) is 5.07. The number of aromatic carboxylic acids is 1. The number of carboxylic acids is 1. The van der Waals surface area contributed by atoms with E-state index in [1.165, 1.54) is 5.56 Å². The van der Waals surface area contributed by atoms with Crippen LogP contribution in [0, 0.1) is 6.92 Å². The first-order valence-corrected chi connectivity index (χ1v) is 8.40. The summed E-state index contributed by atoms with van der Waals surface area (Å²) in [4.78, 5) is 10.9. The molecule has 2 aromatic carbocycles. The molecule has 0 bridgehead atoms. The van der Waals surface area contributed by atoms with Crippen molar-refractivity contribution in [2.75, 3.05) is 12.4 Å². The summed E-state index contributed by atoms with van der Waals surface area (Å²) in [6.45, 7) is 2.75. The number of ether oxygens (including phenoxy) is 1. The van der Waals surface area contributed by atoms with Crippen LogP contribution in [0.5, 0.6) is 5.75 Å². The van der Waals surface area contributed by atoms with Crippen molar-refractivity contribution >= 4 is 17.7 Å². The molecule has 1 N–H and O–H groups in total. The van der Waals surface area contributed by atoms with Crippen LogP contribution in [-0.2, 0) is 5.75 Å². The fraction of sp³-hybridized carbons (Fsp3) is 0.278. The Morgan fingerprint density at radius 3 is 2.68 bits per heavy atom. The number of hydrogen-bond donors (Lipinski definition) is 1. The summed E-state index contributed by atoms with van der Waals surface area (Å²) in [5.74, 6) is 1.84. The Bertz CT molecular complexity index is 608. The lowest BCUT2D eigenvalue weighted by atomic mass is 10.1. The molecule has 3 nitrogen and oxygen atoms in total. The number of rotatable bonds is 8. The lowest BCUT2D eigenvalue weighted by molar-refractivity contribution is 0.0697. The quantitative estimate of drug-likeness (QED) is 0.733. The molecule has 0 unspecified atom stereocenters.